The zero-order valence-corrected chi connectivity index (χ0v) is 20.2. The minimum atomic E-state index is -3.12. The third-order valence-corrected chi connectivity index (χ3v) is 8.51. The normalized spacial score (nSPS) is 21.5. The van der Waals surface area contributed by atoms with E-state index in [0.717, 1.165) is 54.3 Å². The Morgan fingerprint density at radius 1 is 1.21 bits per heavy atom. The van der Waals surface area contributed by atoms with Gasteiger partial charge >= 0.3 is 5.97 Å². The van der Waals surface area contributed by atoms with Crippen LogP contribution in [-0.4, -0.2) is 60.9 Å². The number of hydrogen-bond donors (Lipinski definition) is 0. The quantitative estimate of drug-likeness (QED) is 0.574. The first-order chi connectivity index (χ1) is 15.8. The molecule has 0 N–H and O–H groups in total. The molecule has 1 fully saturated rings. The Morgan fingerprint density at radius 2 is 2.00 bits per heavy atom. The number of rotatable bonds is 7. The molecule has 1 aromatic heterocycles. The van der Waals surface area contributed by atoms with Gasteiger partial charge in [-0.15, -0.1) is 0 Å². The Labute approximate surface area is 195 Å². The highest BCUT2D eigenvalue weighted by Crippen LogP contribution is 2.32. The summed E-state index contributed by atoms with van der Waals surface area (Å²) in [5.41, 5.74) is 3.13. The van der Waals surface area contributed by atoms with Crippen LogP contribution in [0.1, 0.15) is 61.1 Å². The van der Waals surface area contributed by atoms with Crippen molar-refractivity contribution in [2.75, 3.05) is 24.7 Å². The second-order valence-corrected chi connectivity index (χ2v) is 11.6. The fourth-order valence-corrected chi connectivity index (χ4v) is 6.67. The molecule has 0 spiro atoms. The summed E-state index contributed by atoms with van der Waals surface area (Å²) in [5, 5.41) is 0.743. The van der Waals surface area contributed by atoms with Gasteiger partial charge in [-0.2, -0.15) is 0 Å². The average Bonchev–Trinajstić information content (AvgIpc) is 3.15. The van der Waals surface area contributed by atoms with Crippen molar-refractivity contribution in [1.82, 2.24) is 9.88 Å². The van der Waals surface area contributed by atoms with Crippen molar-refractivity contribution >= 4 is 32.6 Å². The third kappa shape index (κ3) is 5.21. The predicted molar refractivity (Wildman–Crippen MR) is 127 cm³/mol. The van der Waals surface area contributed by atoms with E-state index in [0.29, 0.717) is 24.4 Å². The highest BCUT2D eigenvalue weighted by molar-refractivity contribution is 7.91. The lowest BCUT2D eigenvalue weighted by molar-refractivity contribution is -0.136. The molecule has 2 aliphatic rings. The molecule has 0 bridgehead atoms. The molecule has 1 aliphatic heterocycles. The van der Waals surface area contributed by atoms with Crippen molar-refractivity contribution in [2.24, 2.45) is 5.92 Å². The number of amides is 1. The van der Waals surface area contributed by atoms with Gasteiger partial charge in [0.1, 0.15) is 0 Å². The highest BCUT2D eigenvalue weighted by Gasteiger charge is 2.35. The lowest BCUT2D eigenvalue weighted by Crippen LogP contribution is -2.44. The maximum atomic E-state index is 13.3. The molecule has 7 nitrogen and oxygen atoms in total. The molecule has 33 heavy (non-hydrogen) atoms. The van der Waals surface area contributed by atoms with Gasteiger partial charge in [0.25, 0.3) is 5.91 Å². The number of nitrogens with zero attached hydrogens (tertiary/aromatic N) is 2. The Balaban J connectivity index is 1.55. The molecule has 2 aromatic rings. The van der Waals surface area contributed by atoms with Gasteiger partial charge in [0.15, 0.2) is 16.4 Å². The summed E-state index contributed by atoms with van der Waals surface area (Å²) in [6.07, 6.45) is 4.71. The van der Waals surface area contributed by atoms with Crippen LogP contribution in [0.5, 0.6) is 0 Å². The number of para-hydroxylation sites is 1. The van der Waals surface area contributed by atoms with Gasteiger partial charge in [-0.1, -0.05) is 38.5 Å². The number of benzene rings is 1. The van der Waals surface area contributed by atoms with Crippen molar-refractivity contribution in [3.63, 3.8) is 0 Å². The fraction of sp³-hybridized carbons (Fsp3) is 0.560. The molecule has 0 radical (unpaired) electrons. The number of pyridine rings is 1. The number of esters is 1. The third-order valence-electron chi connectivity index (χ3n) is 6.76. The molecular weight excluding hydrogens is 440 g/mol. The van der Waals surface area contributed by atoms with E-state index in [-0.39, 0.29) is 30.1 Å². The number of carbonyl (C=O) groups is 2. The van der Waals surface area contributed by atoms with Gasteiger partial charge < -0.3 is 9.64 Å². The van der Waals surface area contributed by atoms with Crippen LogP contribution in [0.15, 0.2) is 24.3 Å². The minimum Gasteiger partial charge on any atom is -0.452 e. The molecule has 2 atom stereocenters. The van der Waals surface area contributed by atoms with E-state index in [1.165, 1.54) is 0 Å². The van der Waals surface area contributed by atoms with Crippen LogP contribution < -0.4 is 0 Å². The Bertz CT molecular complexity index is 1160. The van der Waals surface area contributed by atoms with Crippen molar-refractivity contribution in [3.8, 4) is 0 Å². The van der Waals surface area contributed by atoms with Crippen molar-refractivity contribution in [2.45, 2.75) is 58.4 Å². The number of ether oxygens (including phenoxy) is 1. The molecule has 1 aromatic carbocycles. The SMILES string of the molecule is CCCCN(C(=O)COC(=O)c1c2c(nc3ccccc13)CCC(C)C2)C1CCS(=O)(=O)C1. The monoisotopic (exact) mass is 472 g/mol. The smallest absolute Gasteiger partial charge is 0.339 e. The summed E-state index contributed by atoms with van der Waals surface area (Å²) >= 11 is 0. The predicted octanol–water partition coefficient (Wildman–Crippen LogP) is 3.33. The summed E-state index contributed by atoms with van der Waals surface area (Å²) in [6, 6.07) is 7.19. The number of carbonyl (C=O) groups excluding carboxylic acids is 2. The van der Waals surface area contributed by atoms with Gasteiger partial charge in [-0.05, 0) is 49.7 Å². The molecule has 8 heteroatoms. The van der Waals surface area contributed by atoms with Gasteiger partial charge in [-0.25, -0.2) is 13.2 Å². The van der Waals surface area contributed by atoms with Gasteiger partial charge in [0.2, 0.25) is 0 Å². The van der Waals surface area contributed by atoms with E-state index in [4.69, 9.17) is 9.72 Å². The summed E-state index contributed by atoms with van der Waals surface area (Å²) in [6.45, 7) is 4.27. The van der Waals surface area contributed by atoms with Crippen LogP contribution in [0, 0.1) is 5.92 Å². The molecule has 1 amide bonds. The fourth-order valence-electron chi connectivity index (χ4n) is 4.94. The molecular formula is C25H32N2O5S. The van der Waals surface area contributed by atoms with Gasteiger partial charge in [0.05, 0.1) is 22.6 Å². The Kier molecular flexibility index (Phi) is 7.02. The van der Waals surface area contributed by atoms with Crippen LogP contribution in [0.2, 0.25) is 0 Å². The highest BCUT2D eigenvalue weighted by atomic mass is 32.2. The second-order valence-electron chi connectivity index (χ2n) is 9.35. The lowest BCUT2D eigenvalue weighted by Gasteiger charge is -2.28. The van der Waals surface area contributed by atoms with Crippen molar-refractivity contribution < 1.29 is 22.7 Å². The minimum absolute atomic E-state index is 0.0171. The van der Waals surface area contributed by atoms with Crippen LogP contribution in [-0.2, 0) is 32.2 Å². The Hall–Kier alpha value is -2.48. The molecule has 4 rings (SSSR count). The van der Waals surface area contributed by atoms with E-state index in [9.17, 15) is 18.0 Å². The largest absolute Gasteiger partial charge is 0.452 e. The number of sulfone groups is 1. The number of aryl methyl sites for hydroxylation is 1. The summed E-state index contributed by atoms with van der Waals surface area (Å²) in [4.78, 5) is 32.7. The zero-order chi connectivity index (χ0) is 23.6. The van der Waals surface area contributed by atoms with Crippen LogP contribution in [0.4, 0.5) is 0 Å². The first kappa shape index (κ1) is 23.7. The number of aromatic nitrogens is 1. The van der Waals surface area contributed by atoms with E-state index in [1.54, 1.807) is 4.90 Å². The number of fused-ring (bicyclic) bond motifs is 2. The second kappa shape index (κ2) is 9.79. The lowest BCUT2D eigenvalue weighted by atomic mass is 9.84. The van der Waals surface area contributed by atoms with Crippen LogP contribution in [0.3, 0.4) is 0 Å². The van der Waals surface area contributed by atoms with Crippen LogP contribution >= 0.6 is 0 Å². The number of hydrogen-bond acceptors (Lipinski definition) is 6. The first-order valence-electron chi connectivity index (χ1n) is 11.9. The van der Waals surface area contributed by atoms with E-state index in [1.807, 2.05) is 31.2 Å². The molecule has 1 aliphatic carbocycles. The van der Waals surface area contributed by atoms with Gasteiger partial charge in [-0.3, -0.25) is 9.78 Å². The van der Waals surface area contributed by atoms with Crippen LogP contribution in [0.25, 0.3) is 10.9 Å². The molecule has 178 valence electrons. The Morgan fingerprint density at radius 3 is 2.73 bits per heavy atom. The molecule has 1 saturated heterocycles. The zero-order valence-electron chi connectivity index (χ0n) is 19.4. The summed E-state index contributed by atoms with van der Waals surface area (Å²) < 4.78 is 29.5. The van der Waals surface area contributed by atoms with Crippen molar-refractivity contribution in [3.05, 3.63) is 41.1 Å². The van der Waals surface area contributed by atoms with E-state index >= 15 is 0 Å². The maximum absolute atomic E-state index is 13.3. The first-order valence-corrected chi connectivity index (χ1v) is 13.7. The summed E-state index contributed by atoms with van der Waals surface area (Å²) in [5.74, 6) is -0.318. The molecule has 2 heterocycles. The molecule has 0 saturated carbocycles. The number of unbranched alkanes of at least 4 members (excludes halogenated alkanes) is 1. The van der Waals surface area contributed by atoms with Crippen molar-refractivity contribution in [1.29, 1.82) is 0 Å². The van der Waals surface area contributed by atoms with E-state index < -0.39 is 15.8 Å². The standard InChI is InChI=1S/C25H32N2O5S/c1-3-4-12-27(18-11-13-33(30,31)16-18)23(28)15-32-25(29)24-19-7-5-6-8-21(19)26-22-10-9-17(2)14-20(22)24/h5-8,17-18H,3-4,9-16H2,1-2H3. The topological polar surface area (TPSA) is 93.6 Å². The molecule has 2 unspecified atom stereocenters. The van der Waals surface area contributed by atoms with Gasteiger partial charge in [0, 0.05) is 23.7 Å². The average molecular weight is 473 g/mol. The van der Waals surface area contributed by atoms with E-state index in [2.05, 4.69) is 6.92 Å². The summed E-state index contributed by atoms with van der Waals surface area (Å²) in [7, 11) is -3.12. The maximum Gasteiger partial charge on any atom is 0.339 e.